The van der Waals surface area contributed by atoms with E-state index in [0.29, 0.717) is 6.42 Å². The van der Waals surface area contributed by atoms with Crippen molar-refractivity contribution in [3.63, 3.8) is 0 Å². The molecule has 0 fully saturated rings. The first-order chi connectivity index (χ1) is 6.16. The molecule has 5 heteroatoms. The number of nitrogens with two attached hydrogens (primary N) is 1. The zero-order valence-corrected chi connectivity index (χ0v) is 7.06. The van der Waals surface area contributed by atoms with Gasteiger partial charge in [0.05, 0.1) is 0 Å². The summed E-state index contributed by atoms with van der Waals surface area (Å²) in [5.74, 6) is -0.900. The second-order valence-corrected chi connectivity index (χ2v) is 2.14. The lowest BCUT2D eigenvalue weighted by Gasteiger charge is -1.92. The molecular formula is C8H12N2O3. The second kappa shape index (κ2) is 7.05. The smallest absolute Gasteiger partial charge is 0.245 e. The largest absolute Gasteiger partial charge is 0.376 e. The summed E-state index contributed by atoms with van der Waals surface area (Å²) >= 11 is 0. The number of carbonyl (C=O) groups excluding carboxylic acids is 2. The third kappa shape index (κ3) is 8.28. The van der Waals surface area contributed by atoms with Crippen LogP contribution >= 0.6 is 0 Å². The van der Waals surface area contributed by atoms with Gasteiger partial charge in [0.25, 0.3) is 0 Å². The molecule has 0 saturated heterocycles. The number of hydrogen-bond acceptors (Lipinski definition) is 3. The molecule has 0 aliphatic rings. The number of carbonyl (C=O) groups is 2. The molecule has 0 aromatic carbocycles. The molecule has 0 unspecified atom stereocenters. The van der Waals surface area contributed by atoms with Gasteiger partial charge >= 0.3 is 0 Å². The summed E-state index contributed by atoms with van der Waals surface area (Å²) in [6.07, 6.45) is 6.01. The van der Waals surface area contributed by atoms with Crippen molar-refractivity contribution in [2.75, 3.05) is 6.73 Å². The van der Waals surface area contributed by atoms with Gasteiger partial charge in [-0.1, -0.05) is 12.2 Å². The van der Waals surface area contributed by atoms with E-state index in [1.54, 1.807) is 6.08 Å². The molecule has 13 heavy (non-hydrogen) atoms. The number of hydrogen-bond donors (Lipinski definition) is 3. The molecule has 0 aliphatic carbocycles. The third-order valence-corrected chi connectivity index (χ3v) is 1.08. The number of allylic oxidation sites excluding steroid dienone is 2. The maximum atomic E-state index is 10.7. The zero-order valence-electron chi connectivity index (χ0n) is 7.06. The van der Waals surface area contributed by atoms with E-state index in [9.17, 15) is 9.59 Å². The molecular weight excluding hydrogens is 172 g/mol. The van der Waals surface area contributed by atoms with Gasteiger partial charge in [0.2, 0.25) is 11.8 Å². The number of aliphatic hydroxyl groups excluding tert-OH is 1. The Morgan fingerprint density at radius 1 is 1.31 bits per heavy atom. The first-order valence-corrected chi connectivity index (χ1v) is 3.68. The maximum Gasteiger partial charge on any atom is 0.245 e. The fraction of sp³-hybridized carbons (Fsp3) is 0.250. The van der Waals surface area contributed by atoms with Gasteiger partial charge in [-0.2, -0.15) is 0 Å². The van der Waals surface area contributed by atoms with Gasteiger partial charge in [-0.15, -0.1) is 0 Å². The fourth-order valence-corrected chi connectivity index (χ4v) is 0.575. The molecule has 0 atom stereocenters. The van der Waals surface area contributed by atoms with E-state index in [4.69, 9.17) is 10.8 Å². The molecule has 0 rings (SSSR count). The first-order valence-electron chi connectivity index (χ1n) is 3.68. The minimum Gasteiger partial charge on any atom is -0.376 e. The number of amides is 2. The van der Waals surface area contributed by atoms with Crippen molar-refractivity contribution in [3.05, 3.63) is 24.3 Å². The van der Waals surface area contributed by atoms with Crippen LogP contribution in [0.5, 0.6) is 0 Å². The lowest BCUT2D eigenvalue weighted by Crippen LogP contribution is -2.21. The Labute approximate surface area is 75.9 Å². The van der Waals surface area contributed by atoms with E-state index in [-0.39, 0.29) is 12.6 Å². The Bertz CT molecular complexity index is 234. The topological polar surface area (TPSA) is 92.4 Å². The van der Waals surface area contributed by atoms with Gasteiger partial charge < -0.3 is 16.2 Å². The van der Waals surface area contributed by atoms with Crippen LogP contribution in [0.25, 0.3) is 0 Å². The van der Waals surface area contributed by atoms with Crippen molar-refractivity contribution in [2.45, 2.75) is 6.42 Å². The highest BCUT2D eigenvalue weighted by Gasteiger charge is 1.88. The quantitative estimate of drug-likeness (QED) is 0.379. The van der Waals surface area contributed by atoms with E-state index >= 15 is 0 Å². The molecule has 0 aromatic heterocycles. The van der Waals surface area contributed by atoms with E-state index in [1.807, 2.05) is 0 Å². The van der Waals surface area contributed by atoms with Gasteiger partial charge in [0.15, 0.2) is 0 Å². The van der Waals surface area contributed by atoms with Crippen molar-refractivity contribution in [2.24, 2.45) is 5.73 Å². The summed E-state index contributed by atoms with van der Waals surface area (Å²) in [6.45, 7) is -0.389. The molecule has 0 bridgehead atoms. The van der Waals surface area contributed by atoms with E-state index in [1.165, 1.54) is 18.2 Å². The standard InChI is InChI=1S/C8H12N2O3/c9-7(12)4-2-1-3-5-8(13)10-6-11/h2-5,11H,1,6H2,(H2,9,12)(H,10,13). The Balaban J connectivity index is 3.63. The summed E-state index contributed by atoms with van der Waals surface area (Å²) in [5.41, 5.74) is 4.82. The maximum absolute atomic E-state index is 10.7. The van der Waals surface area contributed by atoms with Crippen LogP contribution in [0.2, 0.25) is 0 Å². The summed E-state index contributed by atoms with van der Waals surface area (Å²) < 4.78 is 0. The van der Waals surface area contributed by atoms with E-state index in [0.717, 1.165) is 0 Å². The SMILES string of the molecule is NC(=O)C=CCC=CC(=O)NCO. The molecule has 0 aliphatic heterocycles. The van der Waals surface area contributed by atoms with Crippen molar-refractivity contribution in [1.82, 2.24) is 5.32 Å². The molecule has 0 saturated carbocycles. The number of nitrogens with one attached hydrogen (secondary N) is 1. The van der Waals surface area contributed by atoms with Crippen molar-refractivity contribution >= 4 is 11.8 Å². The highest BCUT2D eigenvalue weighted by atomic mass is 16.3. The molecule has 72 valence electrons. The Morgan fingerprint density at radius 2 is 1.92 bits per heavy atom. The van der Waals surface area contributed by atoms with Gasteiger partial charge in [-0.3, -0.25) is 9.59 Å². The minimum atomic E-state index is -0.520. The minimum absolute atomic E-state index is 0.380. The summed E-state index contributed by atoms with van der Waals surface area (Å²) in [6, 6.07) is 0. The molecule has 2 amide bonds. The molecule has 5 nitrogen and oxygen atoms in total. The summed E-state index contributed by atoms with van der Waals surface area (Å²) in [5, 5.41) is 10.4. The molecule has 0 spiro atoms. The Kier molecular flexibility index (Phi) is 6.17. The normalized spacial score (nSPS) is 10.8. The van der Waals surface area contributed by atoms with Crippen LogP contribution in [-0.2, 0) is 9.59 Å². The molecule has 4 N–H and O–H groups in total. The summed E-state index contributed by atoms with van der Waals surface area (Å²) in [7, 11) is 0. The van der Waals surface area contributed by atoms with Crippen LogP contribution in [0.3, 0.4) is 0 Å². The van der Waals surface area contributed by atoms with Crippen LogP contribution in [-0.4, -0.2) is 23.7 Å². The van der Waals surface area contributed by atoms with Crippen LogP contribution in [0, 0.1) is 0 Å². The average Bonchev–Trinajstić information content (AvgIpc) is 2.03. The highest BCUT2D eigenvalue weighted by Crippen LogP contribution is 1.85. The van der Waals surface area contributed by atoms with Gasteiger partial charge in [0.1, 0.15) is 6.73 Å². The van der Waals surface area contributed by atoms with Gasteiger partial charge in [-0.05, 0) is 18.6 Å². The fourth-order valence-electron chi connectivity index (χ4n) is 0.575. The average molecular weight is 184 g/mol. The Morgan fingerprint density at radius 3 is 2.46 bits per heavy atom. The van der Waals surface area contributed by atoms with Gasteiger partial charge in [0, 0.05) is 0 Å². The lowest BCUT2D eigenvalue weighted by atomic mass is 10.3. The van der Waals surface area contributed by atoms with Crippen LogP contribution in [0.15, 0.2) is 24.3 Å². The number of rotatable bonds is 5. The van der Waals surface area contributed by atoms with Crippen molar-refractivity contribution in [3.8, 4) is 0 Å². The van der Waals surface area contributed by atoms with Crippen molar-refractivity contribution in [1.29, 1.82) is 0 Å². The third-order valence-electron chi connectivity index (χ3n) is 1.08. The van der Waals surface area contributed by atoms with Gasteiger partial charge in [-0.25, -0.2) is 0 Å². The van der Waals surface area contributed by atoms with Crippen LogP contribution < -0.4 is 11.1 Å². The van der Waals surface area contributed by atoms with E-state index < -0.39 is 5.91 Å². The zero-order chi connectivity index (χ0) is 10.1. The number of aliphatic hydroxyl groups is 1. The highest BCUT2D eigenvalue weighted by molar-refractivity contribution is 5.87. The molecule has 0 heterocycles. The summed E-state index contributed by atoms with van der Waals surface area (Å²) in [4.78, 5) is 20.9. The first kappa shape index (κ1) is 11.4. The van der Waals surface area contributed by atoms with Crippen LogP contribution in [0.1, 0.15) is 6.42 Å². The predicted octanol–water partition coefficient (Wildman–Crippen LogP) is -0.960. The predicted molar refractivity (Wildman–Crippen MR) is 47.3 cm³/mol. The second-order valence-electron chi connectivity index (χ2n) is 2.14. The lowest BCUT2D eigenvalue weighted by molar-refractivity contribution is -0.117. The van der Waals surface area contributed by atoms with E-state index in [2.05, 4.69) is 5.32 Å². The Hall–Kier alpha value is -1.62. The van der Waals surface area contributed by atoms with Crippen molar-refractivity contribution < 1.29 is 14.7 Å². The number of primary amides is 1. The molecule has 0 aromatic rings. The monoisotopic (exact) mass is 184 g/mol. The molecule has 0 radical (unpaired) electrons. The van der Waals surface area contributed by atoms with Crippen LogP contribution in [0.4, 0.5) is 0 Å².